The summed E-state index contributed by atoms with van der Waals surface area (Å²) in [5.74, 6) is 2.63. The zero-order chi connectivity index (χ0) is 15.1. The Hall–Kier alpha value is -0.530. The summed E-state index contributed by atoms with van der Waals surface area (Å²) < 4.78 is 5.46. The lowest BCUT2D eigenvalue weighted by Gasteiger charge is -2.38. The number of unbranched alkanes of at least 4 members (excludes halogenated alkanes) is 2. The lowest BCUT2D eigenvalue weighted by molar-refractivity contribution is -0.149. The van der Waals surface area contributed by atoms with Crippen LogP contribution < -0.4 is 0 Å². The van der Waals surface area contributed by atoms with Gasteiger partial charge in [-0.1, -0.05) is 45.4 Å². The fraction of sp³-hybridized carbons (Fsp3) is 0.947. The molecule has 2 aliphatic rings. The zero-order valence-electron chi connectivity index (χ0n) is 14.1. The Kier molecular flexibility index (Phi) is 7.06. The molecule has 0 aromatic heterocycles. The van der Waals surface area contributed by atoms with Gasteiger partial charge in [0.25, 0.3) is 0 Å². The summed E-state index contributed by atoms with van der Waals surface area (Å²) in [6.45, 7) is 3.84. The minimum atomic E-state index is -0.0970. The maximum atomic E-state index is 11.1. The van der Waals surface area contributed by atoms with Crippen LogP contribution in [-0.2, 0) is 9.53 Å². The lowest BCUT2D eigenvalue weighted by Crippen LogP contribution is -2.30. The highest BCUT2D eigenvalue weighted by molar-refractivity contribution is 5.66. The van der Waals surface area contributed by atoms with Crippen LogP contribution in [0.2, 0.25) is 0 Å². The van der Waals surface area contributed by atoms with Gasteiger partial charge < -0.3 is 4.74 Å². The molecule has 2 heteroatoms. The Balaban J connectivity index is 1.70. The third-order valence-corrected chi connectivity index (χ3v) is 5.77. The van der Waals surface area contributed by atoms with E-state index in [0.717, 1.165) is 30.6 Å². The van der Waals surface area contributed by atoms with E-state index in [1.165, 1.54) is 64.2 Å². The van der Waals surface area contributed by atoms with Crippen molar-refractivity contribution < 1.29 is 9.53 Å². The highest BCUT2D eigenvalue weighted by Crippen LogP contribution is 2.41. The van der Waals surface area contributed by atoms with Crippen molar-refractivity contribution in [2.45, 2.75) is 97.0 Å². The van der Waals surface area contributed by atoms with Crippen LogP contribution in [0, 0.1) is 17.8 Å². The number of ether oxygens (including phenoxy) is 1. The summed E-state index contributed by atoms with van der Waals surface area (Å²) in [5, 5.41) is 0. The molecule has 2 saturated carbocycles. The molecular formula is C19H34O2. The average molecular weight is 294 g/mol. The predicted molar refractivity (Wildman–Crippen MR) is 87.1 cm³/mol. The topological polar surface area (TPSA) is 26.3 Å². The van der Waals surface area contributed by atoms with E-state index in [0.29, 0.717) is 0 Å². The van der Waals surface area contributed by atoms with Gasteiger partial charge in [0.1, 0.15) is 6.10 Å². The van der Waals surface area contributed by atoms with Crippen LogP contribution in [-0.4, -0.2) is 12.1 Å². The molecule has 0 saturated heterocycles. The van der Waals surface area contributed by atoms with Crippen molar-refractivity contribution in [3.63, 3.8) is 0 Å². The predicted octanol–water partition coefficient (Wildman–Crippen LogP) is 5.50. The maximum absolute atomic E-state index is 11.1. The summed E-state index contributed by atoms with van der Waals surface area (Å²) in [7, 11) is 0. The highest BCUT2D eigenvalue weighted by atomic mass is 16.5. The molecule has 2 rings (SSSR count). The van der Waals surface area contributed by atoms with Crippen molar-refractivity contribution in [3.8, 4) is 0 Å². The monoisotopic (exact) mass is 294 g/mol. The molecule has 0 aliphatic heterocycles. The first-order valence-corrected chi connectivity index (χ1v) is 9.36. The van der Waals surface area contributed by atoms with E-state index in [1.807, 2.05) is 0 Å². The highest BCUT2D eigenvalue weighted by Gasteiger charge is 2.32. The molecule has 0 aromatic rings. The smallest absolute Gasteiger partial charge is 0.302 e. The van der Waals surface area contributed by atoms with Crippen LogP contribution in [0.1, 0.15) is 90.9 Å². The van der Waals surface area contributed by atoms with Crippen molar-refractivity contribution in [1.29, 1.82) is 0 Å². The van der Waals surface area contributed by atoms with Gasteiger partial charge in [-0.05, 0) is 56.3 Å². The van der Waals surface area contributed by atoms with E-state index in [-0.39, 0.29) is 12.1 Å². The van der Waals surface area contributed by atoms with Gasteiger partial charge in [0, 0.05) is 6.92 Å². The largest absolute Gasteiger partial charge is 0.463 e. The Morgan fingerprint density at radius 3 is 2.43 bits per heavy atom. The van der Waals surface area contributed by atoms with E-state index in [4.69, 9.17) is 4.74 Å². The molecule has 0 N–H and O–H groups in total. The third kappa shape index (κ3) is 5.64. The van der Waals surface area contributed by atoms with Crippen LogP contribution in [0.4, 0.5) is 0 Å². The van der Waals surface area contributed by atoms with Gasteiger partial charge in [0.2, 0.25) is 0 Å². The first-order valence-electron chi connectivity index (χ1n) is 9.36. The molecule has 0 aromatic carbocycles. The van der Waals surface area contributed by atoms with Gasteiger partial charge in [0.05, 0.1) is 0 Å². The van der Waals surface area contributed by atoms with Crippen molar-refractivity contribution in [2.24, 2.45) is 17.8 Å². The Morgan fingerprint density at radius 1 is 1.00 bits per heavy atom. The van der Waals surface area contributed by atoms with Crippen molar-refractivity contribution in [1.82, 2.24) is 0 Å². The van der Waals surface area contributed by atoms with Gasteiger partial charge >= 0.3 is 5.97 Å². The van der Waals surface area contributed by atoms with Crippen molar-refractivity contribution >= 4 is 5.97 Å². The molecule has 21 heavy (non-hydrogen) atoms. The van der Waals surface area contributed by atoms with Crippen LogP contribution >= 0.6 is 0 Å². The maximum Gasteiger partial charge on any atom is 0.302 e. The molecule has 0 spiro atoms. The normalized spacial score (nSPS) is 33.6. The molecule has 2 nitrogen and oxygen atoms in total. The quantitative estimate of drug-likeness (QED) is 0.478. The van der Waals surface area contributed by atoms with Gasteiger partial charge in [0.15, 0.2) is 0 Å². The second-order valence-corrected chi connectivity index (χ2v) is 7.43. The fourth-order valence-electron chi connectivity index (χ4n) is 4.58. The summed E-state index contributed by atoms with van der Waals surface area (Å²) >= 11 is 0. The molecule has 0 heterocycles. The summed E-state index contributed by atoms with van der Waals surface area (Å²) in [4.78, 5) is 11.1. The molecule has 122 valence electrons. The van der Waals surface area contributed by atoms with E-state index < -0.39 is 0 Å². The van der Waals surface area contributed by atoms with Gasteiger partial charge in [-0.3, -0.25) is 4.79 Å². The number of carbonyl (C=O) groups is 1. The molecule has 2 unspecified atom stereocenters. The minimum Gasteiger partial charge on any atom is -0.463 e. The number of rotatable bonds is 6. The lowest BCUT2D eigenvalue weighted by atomic mass is 9.70. The van der Waals surface area contributed by atoms with Crippen LogP contribution in [0.5, 0.6) is 0 Å². The zero-order valence-corrected chi connectivity index (χ0v) is 14.1. The number of hydrogen-bond donors (Lipinski definition) is 0. The van der Waals surface area contributed by atoms with E-state index >= 15 is 0 Å². The Morgan fingerprint density at radius 2 is 1.76 bits per heavy atom. The van der Waals surface area contributed by atoms with Gasteiger partial charge in [-0.15, -0.1) is 0 Å². The molecular weight excluding hydrogens is 260 g/mol. The summed E-state index contributed by atoms with van der Waals surface area (Å²) in [6, 6.07) is 0. The van der Waals surface area contributed by atoms with E-state index in [1.54, 1.807) is 6.92 Å². The number of carbonyl (C=O) groups excluding carboxylic acids is 1. The standard InChI is InChI=1S/C19H34O2/c1-3-4-5-7-16-10-12-17(13-11-16)18-8-6-9-19(14-18)21-15(2)20/h16-19H,3-14H2,1-2H3. The molecule has 2 fully saturated rings. The number of esters is 1. The van der Waals surface area contributed by atoms with Crippen LogP contribution in [0.3, 0.4) is 0 Å². The van der Waals surface area contributed by atoms with E-state index in [9.17, 15) is 4.79 Å². The Labute approximate surface area is 131 Å². The first-order chi connectivity index (χ1) is 10.2. The van der Waals surface area contributed by atoms with Crippen LogP contribution in [0.25, 0.3) is 0 Å². The summed E-state index contributed by atoms with van der Waals surface area (Å²) in [6.07, 6.45) is 16.4. The van der Waals surface area contributed by atoms with Crippen molar-refractivity contribution in [2.75, 3.05) is 0 Å². The fourth-order valence-corrected chi connectivity index (χ4v) is 4.58. The average Bonchev–Trinajstić information content (AvgIpc) is 2.48. The van der Waals surface area contributed by atoms with Crippen molar-refractivity contribution in [3.05, 3.63) is 0 Å². The first kappa shape index (κ1) is 16.8. The Bertz CT molecular complexity index is 305. The third-order valence-electron chi connectivity index (χ3n) is 5.77. The molecule has 0 amide bonds. The van der Waals surface area contributed by atoms with Crippen LogP contribution in [0.15, 0.2) is 0 Å². The second kappa shape index (κ2) is 8.80. The number of hydrogen-bond acceptors (Lipinski definition) is 2. The second-order valence-electron chi connectivity index (χ2n) is 7.43. The SMILES string of the molecule is CCCCCC1CCC(C2CCCC(OC(C)=O)C2)CC1. The molecule has 0 bridgehead atoms. The van der Waals surface area contributed by atoms with Gasteiger partial charge in [-0.25, -0.2) is 0 Å². The van der Waals surface area contributed by atoms with E-state index in [2.05, 4.69) is 6.92 Å². The molecule has 2 atom stereocenters. The minimum absolute atomic E-state index is 0.0970. The van der Waals surface area contributed by atoms with Gasteiger partial charge in [-0.2, -0.15) is 0 Å². The summed E-state index contributed by atoms with van der Waals surface area (Å²) in [5.41, 5.74) is 0. The molecule has 2 aliphatic carbocycles. The molecule has 0 radical (unpaired) electrons.